The molecule has 0 bridgehead atoms. The van der Waals surface area contributed by atoms with Gasteiger partial charge in [-0.25, -0.2) is 4.79 Å². The maximum absolute atomic E-state index is 12.6. The van der Waals surface area contributed by atoms with Crippen LogP contribution in [0.15, 0.2) is 18.3 Å². The number of carbonyl (C=O) groups excluding carboxylic acids is 1. The van der Waals surface area contributed by atoms with Crippen LogP contribution < -0.4 is 17.0 Å². The largest absolute Gasteiger partial charge is 0.384 e. The lowest BCUT2D eigenvalue weighted by molar-refractivity contribution is 0.102. The average molecular weight is 416 g/mol. The normalized spacial score (nSPS) is 11.3. The molecular formula is C15H21N5O3S3. The smallest absolute Gasteiger partial charge is 0.332 e. The summed E-state index contributed by atoms with van der Waals surface area (Å²) in [5.41, 5.74) is 4.67. The third-order valence-corrected chi connectivity index (χ3v) is 6.46. The van der Waals surface area contributed by atoms with E-state index in [1.807, 2.05) is 20.8 Å². The molecule has 26 heavy (non-hydrogen) atoms. The van der Waals surface area contributed by atoms with Gasteiger partial charge in [-0.2, -0.15) is 0 Å². The number of hydrogen-bond acceptors (Lipinski definition) is 9. The third-order valence-electron chi connectivity index (χ3n) is 3.39. The number of ketones is 1. The fraction of sp³-hybridized carbons (Fsp3) is 0.533. The van der Waals surface area contributed by atoms with Gasteiger partial charge in [-0.1, -0.05) is 55.6 Å². The molecule has 2 aromatic heterocycles. The lowest BCUT2D eigenvalue weighted by atomic mass is 10.2. The quantitative estimate of drug-likeness (QED) is 0.512. The highest BCUT2D eigenvalue weighted by Gasteiger charge is 2.22. The van der Waals surface area contributed by atoms with E-state index in [1.165, 1.54) is 34.7 Å². The van der Waals surface area contributed by atoms with Crippen molar-refractivity contribution in [1.82, 2.24) is 19.3 Å². The molecule has 0 saturated carbocycles. The zero-order valence-electron chi connectivity index (χ0n) is 15.0. The molecule has 2 rings (SSSR count). The maximum Gasteiger partial charge on any atom is 0.332 e. The van der Waals surface area contributed by atoms with Crippen LogP contribution in [-0.2, 0) is 13.6 Å². The summed E-state index contributed by atoms with van der Waals surface area (Å²) in [7, 11) is 1.35. The number of Topliss-reactive ketones (excluding diaryl/α,β-unsaturated/α-hetero) is 1. The lowest BCUT2D eigenvalue weighted by Gasteiger charge is -2.15. The van der Waals surface area contributed by atoms with Crippen molar-refractivity contribution in [2.24, 2.45) is 13.0 Å². The van der Waals surface area contributed by atoms with Crippen LogP contribution in [0.25, 0.3) is 0 Å². The first-order valence-corrected chi connectivity index (χ1v) is 10.8. The number of nitrogen functional groups attached to an aromatic ring is 1. The number of carbonyl (C=O) groups is 1. The van der Waals surface area contributed by atoms with Crippen molar-refractivity contribution in [1.29, 1.82) is 0 Å². The molecule has 0 radical (unpaired) electrons. The molecule has 0 fully saturated rings. The molecule has 0 saturated heterocycles. The monoisotopic (exact) mass is 415 g/mol. The summed E-state index contributed by atoms with van der Waals surface area (Å²) in [4.78, 5) is 37.3. The van der Waals surface area contributed by atoms with Crippen LogP contribution in [0.3, 0.4) is 0 Å². The first kappa shape index (κ1) is 20.7. The molecule has 0 aliphatic carbocycles. The Morgan fingerprint density at radius 2 is 1.85 bits per heavy atom. The van der Waals surface area contributed by atoms with Crippen molar-refractivity contribution in [2.75, 3.05) is 17.2 Å². The van der Waals surface area contributed by atoms with Gasteiger partial charge in [0, 0.05) is 13.6 Å². The molecule has 2 heterocycles. The molecule has 11 heteroatoms. The van der Waals surface area contributed by atoms with Gasteiger partial charge in [-0.3, -0.25) is 18.7 Å². The minimum absolute atomic E-state index is 0.00471. The van der Waals surface area contributed by atoms with Gasteiger partial charge in [0.25, 0.3) is 5.56 Å². The SMILES string of the molecule is CCSc1nnc(SCC(=O)c2c(N)n(CC(C)C)c(=O)n(C)c2=O)s1. The Morgan fingerprint density at radius 1 is 1.23 bits per heavy atom. The molecule has 142 valence electrons. The van der Waals surface area contributed by atoms with E-state index in [2.05, 4.69) is 10.2 Å². The van der Waals surface area contributed by atoms with Gasteiger partial charge < -0.3 is 5.73 Å². The highest BCUT2D eigenvalue weighted by Crippen LogP contribution is 2.29. The van der Waals surface area contributed by atoms with Crippen LogP contribution in [0.4, 0.5) is 5.82 Å². The Hall–Kier alpha value is -1.59. The van der Waals surface area contributed by atoms with Gasteiger partial charge in [-0.05, 0) is 11.7 Å². The van der Waals surface area contributed by atoms with E-state index in [1.54, 1.807) is 11.8 Å². The van der Waals surface area contributed by atoms with Crippen molar-refractivity contribution in [3.8, 4) is 0 Å². The van der Waals surface area contributed by atoms with Crippen molar-refractivity contribution in [2.45, 2.75) is 36.0 Å². The molecule has 0 aromatic carbocycles. The number of anilines is 1. The van der Waals surface area contributed by atoms with E-state index >= 15 is 0 Å². The van der Waals surface area contributed by atoms with Gasteiger partial charge in [0.05, 0.1) is 5.75 Å². The fourth-order valence-corrected chi connectivity index (χ4v) is 5.01. The van der Waals surface area contributed by atoms with Crippen LogP contribution in [0, 0.1) is 5.92 Å². The van der Waals surface area contributed by atoms with Gasteiger partial charge >= 0.3 is 5.69 Å². The number of aromatic nitrogens is 4. The van der Waals surface area contributed by atoms with Crippen molar-refractivity contribution in [3.05, 3.63) is 26.4 Å². The summed E-state index contributed by atoms with van der Waals surface area (Å²) in [6.07, 6.45) is 0. The maximum atomic E-state index is 12.6. The molecule has 8 nitrogen and oxygen atoms in total. The summed E-state index contributed by atoms with van der Waals surface area (Å²) < 4.78 is 3.70. The second-order valence-electron chi connectivity index (χ2n) is 5.89. The van der Waals surface area contributed by atoms with Crippen LogP contribution in [0.5, 0.6) is 0 Å². The molecule has 0 amide bonds. The van der Waals surface area contributed by atoms with Crippen molar-refractivity contribution < 1.29 is 4.79 Å². The third kappa shape index (κ3) is 4.57. The summed E-state index contributed by atoms with van der Waals surface area (Å²) in [6.45, 7) is 6.21. The Balaban J connectivity index is 2.28. The second-order valence-corrected chi connectivity index (χ2v) is 9.60. The summed E-state index contributed by atoms with van der Waals surface area (Å²) in [5.74, 6) is 0.538. The second kappa shape index (κ2) is 8.87. The highest BCUT2D eigenvalue weighted by atomic mass is 32.2. The van der Waals surface area contributed by atoms with Crippen LogP contribution in [0.2, 0.25) is 0 Å². The Bertz CT molecular complexity index is 916. The Morgan fingerprint density at radius 3 is 2.42 bits per heavy atom. The lowest BCUT2D eigenvalue weighted by Crippen LogP contribution is -2.43. The summed E-state index contributed by atoms with van der Waals surface area (Å²) >= 11 is 4.19. The zero-order valence-corrected chi connectivity index (χ0v) is 17.5. The number of nitrogens with two attached hydrogens (primary N) is 1. The van der Waals surface area contributed by atoms with Gasteiger partial charge in [0.1, 0.15) is 11.4 Å². The minimum Gasteiger partial charge on any atom is -0.384 e. The number of nitrogens with zero attached hydrogens (tertiary/aromatic N) is 4. The number of hydrogen-bond donors (Lipinski definition) is 1. The summed E-state index contributed by atoms with van der Waals surface area (Å²) in [5, 5.41) is 8.05. The molecular weight excluding hydrogens is 394 g/mol. The predicted molar refractivity (Wildman–Crippen MR) is 107 cm³/mol. The fourth-order valence-electron chi connectivity index (χ4n) is 2.22. The van der Waals surface area contributed by atoms with E-state index in [4.69, 9.17) is 5.73 Å². The number of thioether (sulfide) groups is 2. The van der Waals surface area contributed by atoms with E-state index < -0.39 is 17.0 Å². The molecule has 0 unspecified atom stereocenters. The predicted octanol–water partition coefficient (Wildman–Crippen LogP) is 1.72. The molecule has 0 aliphatic heterocycles. The van der Waals surface area contributed by atoms with E-state index in [0.717, 1.165) is 14.7 Å². The Kier molecular flexibility index (Phi) is 7.07. The Labute approximate surface area is 163 Å². The van der Waals surface area contributed by atoms with Crippen LogP contribution in [0.1, 0.15) is 31.1 Å². The van der Waals surface area contributed by atoms with E-state index in [9.17, 15) is 14.4 Å². The van der Waals surface area contributed by atoms with E-state index in [0.29, 0.717) is 10.9 Å². The molecule has 2 N–H and O–H groups in total. The molecule has 0 atom stereocenters. The average Bonchev–Trinajstić information content (AvgIpc) is 3.03. The standard InChI is InChI=1S/C15H21N5O3S3/c1-5-24-13-17-18-14(26-13)25-7-9(21)10-11(16)20(6-8(2)3)15(23)19(4)12(10)22/h8H,5-7,16H2,1-4H3. The topological polar surface area (TPSA) is 113 Å². The zero-order chi connectivity index (χ0) is 19.4. The minimum atomic E-state index is -0.669. The van der Waals surface area contributed by atoms with Crippen molar-refractivity contribution >= 4 is 46.5 Å². The summed E-state index contributed by atoms with van der Waals surface area (Å²) in [6, 6.07) is 0. The first-order chi connectivity index (χ1) is 12.3. The molecule has 2 aromatic rings. The molecule has 0 spiro atoms. The van der Waals surface area contributed by atoms with E-state index in [-0.39, 0.29) is 23.1 Å². The first-order valence-electron chi connectivity index (χ1n) is 7.97. The van der Waals surface area contributed by atoms with Crippen LogP contribution in [-0.4, -0.2) is 36.6 Å². The molecule has 0 aliphatic rings. The van der Waals surface area contributed by atoms with Gasteiger partial charge in [0.15, 0.2) is 14.5 Å². The van der Waals surface area contributed by atoms with Crippen LogP contribution >= 0.6 is 34.9 Å². The van der Waals surface area contributed by atoms with Crippen molar-refractivity contribution in [3.63, 3.8) is 0 Å². The highest BCUT2D eigenvalue weighted by molar-refractivity contribution is 8.03. The van der Waals surface area contributed by atoms with Gasteiger partial charge in [-0.15, -0.1) is 10.2 Å². The van der Waals surface area contributed by atoms with Gasteiger partial charge in [0.2, 0.25) is 0 Å². The number of rotatable bonds is 8.